The third-order valence-electron chi connectivity index (χ3n) is 2.58. The first-order valence-electron chi connectivity index (χ1n) is 4.99. The lowest BCUT2D eigenvalue weighted by molar-refractivity contribution is 0.401. The molecule has 0 aliphatic heterocycles. The lowest BCUT2D eigenvalue weighted by Gasteiger charge is -2.08. The minimum Gasteiger partial charge on any atom is -0.494 e. The summed E-state index contributed by atoms with van der Waals surface area (Å²) in [5.41, 5.74) is 2.21. The molecule has 0 amide bonds. The van der Waals surface area contributed by atoms with Crippen molar-refractivity contribution >= 4 is 27.5 Å². The summed E-state index contributed by atoms with van der Waals surface area (Å²) in [6.45, 7) is 1.94. The molecular formula is C12H11BrClNO2. The van der Waals surface area contributed by atoms with Crippen molar-refractivity contribution in [3.8, 4) is 17.4 Å². The van der Waals surface area contributed by atoms with Crippen LogP contribution in [0.25, 0.3) is 5.69 Å². The van der Waals surface area contributed by atoms with Crippen molar-refractivity contribution in [3.05, 3.63) is 39.9 Å². The Bertz CT molecular complexity index is 566. The number of halogens is 2. The van der Waals surface area contributed by atoms with Crippen LogP contribution in [0.2, 0.25) is 0 Å². The van der Waals surface area contributed by atoms with E-state index in [9.17, 15) is 10.2 Å². The first-order valence-corrected chi connectivity index (χ1v) is 6.32. The van der Waals surface area contributed by atoms with Crippen LogP contribution in [0.4, 0.5) is 0 Å². The van der Waals surface area contributed by atoms with Gasteiger partial charge in [0.1, 0.15) is 0 Å². The smallest absolute Gasteiger partial charge is 0.203 e. The fourth-order valence-electron chi connectivity index (χ4n) is 1.66. The van der Waals surface area contributed by atoms with E-state index in [-0.39, 0.29) is 17.6 Å². The Morgan fingerprint density at radius 3 is 2.53 bits per heavy atom. The Balaban J connectivity index is 2.60. The zero-order valence-corrected chi connectivity index (χ0v) is 11.5. The second-order valence-electron chi connectivity index (χ2n) is 3.75. The minimum atomic E-state index is -0.0285. The standard InChI is InChI=1S/C12H11BrClNO2/c1-7-4-9(2-3-10(7)13)15-11(16)5-8(6-14)12(15)17/h2-5,16-17H,6H2,1H3. The molecule has 2 rings (SSSR count). The second kappa shape index (κ2) is 4.63. The van der Waals surface area contributed by atoms with E-state index in [0.29, 0.717) is 11.3 Å². The van der Waals surface area contributed by atoms with Crippen LogP contribution < -0.4 is 0 Å². The van der Waals surface area contributed by atoms with Gasteiger partial charge in [0.15, 0.2) is 5.88 Å². The van der Waals surface area contributed by atoms with Gasteiger partial charge in [-0.1, -0.05) is 15.9 Å². The highest BCUT2D eigenvalue weighted by Crippen LogP contribution is 2.33. The molecule has 0 atom stereocenters. The Hall–Kier alpha value is -1.13. The fraction of sp³-hybridized carbons (Fsp3) is 0.167. The molecule has 1 heterocycles. The number of rotatable bonds is 2. The summed E-state index contributed by atoms with van der Waals surface area (Å²) in [4.78, 5) is 0. The van der Waals surface area contributed by atoms with Gasteiger partial charge in [0.05, 0.1) is 11.6 Å². The van der Waals surface area contributed by atoms with Gasteiger partial charge in [0.25, 0.3) is 0 Å². The van der Waals surface area contributed by atoms with Crippen molar-refractivity contribution in [2.24, 2.45) is 0 Å². The molecule has 17 heavy (non-hydrogen) atoms. The molecule has 0 radical (unpaired) electrons. The summed E-state index contributed by atoms with van der Waals surface area (Å²) in [7, 11) is 0. The topological polar surface area (TPSA) is 45.4 Å². The number of aromatic hydroxyl groups is 2. The van der Waals surface area contributed by atoms with Gasteiger partial charge in [0.2, 0.25) is 5.88 Å². The van der Waals surface area contributed by atoms with Crippen LogP contribution in [0, 0.1) is 6.92 Å². The van der Waals surface area contributed by atoms with Gasteiger partial charge >= 0.3 is 0 Å². The first-order chi connectivity index (χ1) is 8.04. The maximum absolute atomic E-state index is 9.93. The van der Waals surface area contributed by atoms with E-state index in [0.717, 1.165) is 10.0 Å². The fourth-order valence-corrected chi connectivity index (χ4v) is 2.10. The SMILES string of the molecule is Cc1cc(-n2c(O)cc(CCl)c2O)ccc1Br. The molecule has 0 bridgehead atoms. The van der Waals surface area contributed by atoms with Crippen LogP contribution in [0.1, 0.15) is 11.1 Å². The average Bonchev–Trinajstić information content (AvgIpc) is 2.58. The summed E-state index contributed by atoms with van der Waals surface area (Å²) < 4.78 is 2.34. The second-order valence-corrected chi connectivity index (χ2v) is 4.88. The summed E-state index contributed by atoms with van der Waals surface area (Å²) in [5.74, 6) is 0.0983. The first kappa shape index (κ1) is 12.3. The molecule has 0 saturated carbocycles. The third kappa shape index (κ3) is 2.15. The number of nitrogens with zero attached hydrogens (tertiary/aromatic N) is 1. The van der Waals surface area contributed by atoms with Crippen molar-refractivity contribution in [1.82, 2.24) is 4.57 Å². The molecule has 0 aliphatic rings. The monoisotopic (exact) mass is 315 g/mol. The molecule has 90 valence electrons. The van der Waals surface area contributed by atoms with E-state index in [2.05, 4.69) is 15.9 Å². The molecule has 2 N–H and O–H groups in total. The van der Waals surface area contributed by atoms with Crippen molar-refractivity contribution in [1.29, 1.82) is 0 Å². The van der Waals surface area contributed by atoms with Crippen LogP contribution in [0.15, 0.2) is 28.7 Å². The number of hydrogen-bond acceptors (Lipinski definition) is 2. The van der Waals surface area contributed by atoms with Crippen LogP contribution >= 0.6 is 27.5 Å². The number of aromatic nitrogens is 1. The van der Waals surface area contributed by atoms with Gasteiger partial charge in [0, 0.05) is 16.1 Å². The summed E-state index contributed by atoms with van der Waals surface area (Å²) in [5, 5.41) is 19.7. The Labute approximate surface area is 112 Å². The molecule has 3 nitrogen and oxygen atoms in total. The molecule has 0 unspecified atom stereocenters. The van der Waals surface area contributed by atoms with Crippen molar-refractivity contribution in [3.63, 3.8) is 0 Å². The van der Waals surface area contributed by atoms with E-state index in [4.69, 9.17) is 11.6 Å². The van der Waals surface area contributed by atoms with Crippen LogP contribution in [-0.4, -0.2) is 14.8 Å². The zero-order valence-electron chi connectivity index (χ0n) is 9.11. The predicted molar refractivity (Wildman–Crippen MR) is 71.1 cm³/mol. The van der Waals surface area contributed by atoms with Gasteiger partial charge in [-0.3, -0.25) is 4.57 Å². The average molecular weight is 317 g/mol. The Morgan fingerprint density at radius 2 is 2.00 bits per heavy atom. The molecular weight excluding hydrogens is 305 g/mol. The maximum atomic E-state index is 9.93. The van der Waals surface area contributed by atoms with E-state index >= 15 is 0 Å². The number of benzene rings is 1. The van der Waals surface area contributed by atoms with Crippen LogP contribution in [0.3, 0.4) is 0 Å². The third-order valence-corrected chi connectivity index (χ3v) is 3.75. The maximum Gasteiger partial charge on any atom is 0.203 e. The minimum absolute atomic E-state index is 0.0279. The van der Waals surface area contributed by atoms with Crippen molar-refractivity contribution < 1.29 is 10.2 Å². The van der Waals surface area contributed by atoms with Gasteiger partial charge < -0.3 is 10.2 Å². The molecule has 0 fully saturated rings. The molecule has 0 saturated heterocycles. The summed E-state index contributed by atoms with van der Waals surface area (Å²) in [6, 6.07) is 6.99. The van der Waals surface area contributed by atoms with Crippen LogP contribution in [0.5, 0.6) is 11.8 Å². The van der Waals surface area contributed by atoms with Gasteiger partial charge in [-0.25, -0.2) is 0 Å². The highest BCUT2D eigenvalue weighted by Gasteiger charge is 2.14. The van der Waals surface area contributed by atoms with Gasteiger partial charge in [-0.2, -0.15) is 0 Å². The highest BCUT2D eigenvalue weighted by molar-refractivity contribution is 9.10. The molecule has 2 aromatic rings. The Kier molecular flexibility index (Phi) is 3.35. The normalized spacial score (nSPS) is 10.8. The van der Waals surface area contributed by atoms with Gasteiger partial charge in [-0.05, 0) is 30.7 Å². The molecule has 0 aliphatic carbocycles. The lowest BCUT2D eigenvalue weighted by Crippen LogP contribution is -1.94. The summed E-state index contributed by atoms with van der Waals surface area (Å²) in [6.07, 6.45) is 0. The summed E-state index contributed by atoms with van der Waals surface area (Å²) >= 11 is 9.07. The molecule has 1 aromatic heterocycles. The zero-order chi connectivity index (χ0) is 12.6. The predicted octanol–water partition coefficient (Wildman–Crippen LogP) is 3.70. The van der Waals surface area contributed by atoms with Crippen molar-refractivity contribution in [2.45, 2.75) is 12.8 Å². The van der Waals surface area contributed by atoms with E-state index in [1.165, 1.54) is 10.6 Å². The van der Waals surface area contributed by atoms with E-state index in [1.807, 2.05) is 19.1 Å². The number of alkyl halides is 1. The quantitative estimate of drug-likeness (QED) is 0.830. The van der Waals surface area contributed by atoms with Crippen molar-refractivity contribution in [2.75, 3.05) is 0 Å². The molecule has 1 aromatic carbocycles. The molecule has 0 spiro atoms. The largest absolute Gasteiger partial charge is 0.494 e. The molecule has 5 heteroatoms. The van der Waals surface area contributed by atoms with Crippen LogP contribution in [-0.2, 0) is 5.88 Å². The number of aryl methyl sites for hydroxylation is 1. The van der Waals surface area contributed by atoms with E-state index < -0.39 is 0 Å². The Morgan fingerprint density at radius 1 is 1.29 bits per heavy atom. The lowest BCUT2D eigenvalue weighted by atomic mass is 10.2. The van der Waals surface area contributed by atoms with E-state index in [1.54, 1.807) is 6.07 Å². The number of hydrogen-bond donors (Lipinski definition) is 2. The highest BCUT2D eigenvalue weighted by atomic mass is 79.9. The van der Waals surface area contributed by atoms with Gasteiger partial charge in [-0.15, -0.1) is 11.6 Å².